The van der Waals surface area contributed by atoms with Crippen molar-refractivity contribution in [2.45, 2.75) is 0 Å². The van der Waals surface area contributed by atoms with Crippen molar-refractivity contribution in [1.82, 2.24) is 0 Å². The normalized spacial score (nSPS) is 9.62. The van der Waals surface area contributed by atoms with Gasteiger partial charge in [-0.1, -0.05) is 0 Å². The van der Waals surface area contributed by atoms with E-state index < -0.39 is 25.0 Å². The van der Waals surface area contributed by atoms with E-state index in [1.807, 2.05) is 0 Å². The Morgan fingerprint density at radius 3 is 2.85 bits per heavy atom. The van der Waals surface area contributed by atoms with Crippen LogP contribution in [-0.2, 0) is 9.53 Å². The van der Waals surface area contributed by atoms with Crippen LogP contribution in [0, 0.1) is 0 Å². The molecule has 0 unspecified atom stereocenters. The third kappa shape index (κ3) is 2.72. The fourth-order valence-electron chi connectivity index (χ4n) is 0.700. The Hall–Kier alpha value is -1.62. The molecule has 0 saturated heterocycles. The maximum Gasteiger partial charge on any atom is 0.332 e. The smallest absolute Gasteiger partial charge is 0.332 e. The molecule has 1 aromatic heterocycles. The minimum atomic E-state index is -0.833. The van der Waals surface area contributed by atoms with Crippen LogP contribution < -0.4 is 0 Å². The minimum absolute atomic E-state index is 0.130. The topological polar surface area (TPSA) is 76.7 Å². The van der Waals surface area contributed by atoms with Gasteiger partial charge in [0.2, 0.25) is 5.78 Å². The summed E-state index contributed by atoms with van der Waals surface area (Å²) in [5, 5.41) is 8.27. The van der Waals surface area contributed by atoms with Crippen LogP contribution >= 0.6 is 0 Å². The van der Waals surface area contributed by atoms with Crippen molar-refractivity contribution in [2.24, 2.45) is 0 Å². The second kappa shape index (κ2) is 4.42. The SMILES string of the molecule is O=C(CO)OCC(=O)c1ccco1. The van der Waals surface area contributed by atoms with Gasteiger partial charge in [-0.25, -0.2) is 4.79 Å². The van der Waals surface area contributed by atoms with Crippen molar-refractivity contribution in [3.8, 4) is 0 Å². The number of aliphatic hydroxyl groups excluding tert-OH is 1. The van der Waals surface area contributed by atoms with Crippen LogP contribution in [0.3, 0.4) is 0 Å². The minimum Gasteiger partial charge on any atom is -0.461 e. The van der Waals surface area contributed by atoms with Gasteiger partial charge in [0.1, 0.15) is 6.61 Å². The molecule has 0 atom stereocenters. The van der Waals surface area contributed by atoms with Gasteiger partial charge in [0.05, 0.1) is 6.26 Å². The first-order chi connectivity index (χ1) is 6.24. The Morgan fingerprint density at radius 2 is 2.31 bits per heavy atom. The second-order valence-corrected chi connectivity index (χ2v) is 2.22. The molecule has 5 nitrogen and oxygen atoms in total. The summed E-state index contributed by atoms with van der Waals surface area (Å²) in [5.74, 6) is -1.14. The maximum absolute atomic E-state index is 11.1. The number of Topliss-reactive ketones (excluding diaryl/α,β-unsaturated/α-hetero) is 1. The molecule has 1 rings (SSSR count). The molecule has 0 bridgehead atoms. The van der Waals surface area contributed by atoms with Crippen LogP contribution in [0.25, 0.3) is 0 Å². The highest BCUT2D eigenvalue weighted by Gasteiger charge is 2.10. The van der Waals surface area contributed by atoms with E-state index in [-0.39, 0.29) is 5.76 Å². The van der Waals surface area contributed by atoms with Gasteiger partial charge < -0.3 is 14.3 Å². The van der Waals surface area contributed by atoms with Crippen molar-refractivity contribution < 1.29 is 23.8 Å². The molecular formula is C8H8O5. The number of rotatable bonds is 4. The highest BCUT2D eigenvalue weighted by Crippen LogP contribution is 2.01. The molecule has 0 fully saturated rings. The van der Waals surface area contributed by atoms with Crippen LogP contribution in [0.5, 0.6) is 0 Å². The predicted molar refractivity (Wildman–Crippen MR) is 41.1 cm³/mol. The molecule has 0 aliphatic carbocycles. The average molecular weight is 184 g/mol. The number of ketones is 1. The monoisotopic (exact) mass is 184 g/mol. The molecule has 70 valence electrons. The fourth-order valence-corrected chi connectivity index (χ4v) is 0.700. The number of carbonyl (C=O) groups excluding carboxylic acids is 2. The van der Waals surface area contributed by atoms with E-state index >= 15 is 0 Å². The van der Waals surface area contributed by atoms with Gasteiger partial charge in [0.25, 0.3) is 0 Å². The molecule has 0 radical (unpaired) electrons. The first-order valence-electron chi connectivity index (χ1n) is 3.57. The highest BCUT2D eigenvalue weighted by atomic mass is 16.5. The third-order valence-corrected chi connectivity index (χ3v) is 1.29. The van der Waals surface area contributed by atoms with Crippen molar-refractivity contribution in [1.29, 1.82) is 0 Å². The average Bonchev–Trinajstić information content (AvgIpc) is 2.66. The van der Waals surface area contributed by atoms with Gasteiger partial charge in [-0.2, -0.15) is 0 Å². The molecule has 0 aliphatic heterocycles. The van der Waals surface area contributed by atoms with Gasteiger partial charge in [0.15, 0.2) is 12.4 Å². The van der Waals surface area contributed by atoms with E-state index in [1.54, 1.807) is 6.07 Å². The zero-order chi connectivity index (χ0) is 9.68. The molecule has 5 heteroatoms. The van der Waals surface area contributed by atoms with Gasteiger partial charge in [-0.3, -0.25) is 4.79 Å². The molecule has 13 heavy (non-hydrogen) atoms. The lowest BCUT2D eigenvalue weighted by Crippen LogP contribution is -2.15. The first-order valence-corrected chi connectivity index (χ1v) is 3.57. The van der Waals surface area contributed by atoms with E-state index in [9.17, 15) is 9.59 Å². The number of esters is 1. The predicted octanol–water partition coefficient (Wildman–Crippen LogP) is -0.00220. The lowest BCUT2D eigenvalue weighted by molar-refractivity contribution is -0.145. The molecule has 1 aromatic rings. The van der Waals surface area contributed by atoms with E-state index in [0.717, 1.165) is 0 Å². The maximum atomic E-state index is 11.1. The summed E-state index contributed by atoms with van der Waals surface area (Å²) >= 11 is 0. The summed E-state index contributed by atoms with van der Waals surface area (Å²) in [6.45, 7) is -1.14. The second-order valence-electron chi connectivity index (χ2n) is 2.22. The van der Waals surface area contributed by atoms with Crippen LogP contribution in [0.1, 0.15) is 10.6 Å². The number of hydrogen-bond acceptors (Lipinski definition) is 5. The lowest BCUT2D eigenvalue weighted by atomic mass is 10.3. The van der Waals surface area contributed by atoms with Gasteiger partial charge in [0, 0.05) is 0 Å². The van der Waals surface area contributed by atoms with E-state index in [4.69, 9.17) is 9.52 Å². The molecule has 1 N–H and O–H groups in total. The van der Waals surface area contributed by atoms with Gasteiger partial charge in [-0.15, -0.1) is 0 Å². The Balaban J connectivity index is 2.39. The Kier molecular flexibility index (Phi) is 3.22. The summed E-state index contributed by atoms with van der Waals surface area (Å²) in [4.78, 5) is 21.5. The van der Waals surface area contributed by atoms with Crippen molar-refractivity contribution in [2.75, 3.05) is 13.2 Å². The van der Waals surface area contributed by atoms with Crippen molar-refractivity contribution in [3.63, 3.8) is 0 Å². The van der Waals surface area contributed by atoms with Crippen LogP contribution in [0.4, 0.5) is 0 Å². The largest absolute Gasteiger partial charge is 0.461 e. The number of carbonyl (C=O) groups is 2. The summed E-state index contributed by atoms with van der Waals surface area (Å²) in [7, 11) is 0. The number of furan rings is 1. The zero-order valence-corrected chi connectivity index (χ0v) is 6.73. The van der Waals surface area contributed by atoms with Crippen molar-refractivity contribution in [3.05, 3.63) is 24.2 Å². The first kappa shape index (κ1) is 9.47. The zero-order valence-electron chi connectivity index (χ0n) is 6.73. The number of aliphatic hydroxyl groups is 1. The van der Waals surface area contributed by atoms with Gasteiger partial charge in [-0.05, 0) is 12.1 Å². The van der Waals surface area contributed by atoms with Crippen LogP contribution in [0.15, 0.2) is 22.8 Å². The summed E-state index contributed by atoms with van der Waals surface area (Å²) in [6, 6.07) is 3.02. The molecule has 0 aromatic carbocycles. The lowest BCUT2D eigenvalue weighted by Gasteiger charge is -1.98. The van der Waals surface area contributed by atoms with E-state index in [0.29, 0.717) is 0 Å². The summed E-state index contributed by atoms with van der Waals surface area (Å²) < 4.78 is 9.14. The molecule has 0 amide bonds. The van der Waals surface area contributed by atoms with Crippen LogP contribution in [-0.4, -0.2) is 30.1 Å². The summed E-state index contributed by atoms with van der Waals surface area (Å²) in [6.07, 6.45) is 1.35. The molecule has 0 saturated carbocycles. The van der Waals surface area contributed by atoms with Crippen LogP contribution in [0.2, 0.25) is 0 Å². The molecule has 1 heterocycles. The third-order valence-electron chi connectivity index (χ3n) is 1.29. The van der Waals surface area contributed by atoms with E-state index in [1.165, 1.54) is 12.3 Å². The molecular weight excluding hydrogens is 176 g/mol. The Labute approximate surface area is 73.9 Å². The van der Waals surface area contributed by atoms with Gasteiger partial charge >= 0.3 is 5.97 Å². The van der Waals surface area contributed by atoms with Crippen molar-refractivity contribution >= 4 is 11.8 Å². The Bertz CT molecular complexity index is 287. The highest BCUT2D eigenvalue weighted by molar-refractivity contribution is 5.95. The summed E-state index contributed by atoms with van der Waals surface area (Å²) in [5.41, 5.74) is 0. The fraction of sp³-hybridized carbons (Fsp3) is 0.250. The quantitative estimate of drug-likeness (QED) is 0.526. The molecule has 0 aliphatic rings. The van der Waals surface area contributed by atoms with E-state index in [2.05, 4.69) is 4.74 Å². The number of ether oxygens (including phenoxy) is 1. The molecule has 0 spiro atoms. The number of hydrogen-bond donors (Lipinski definition) is 1. The standard InChI is InChI=1S/C8H8O5/c9-4-8(11)13-5-6(10)7-2-1-3-12-7/h1-3,9H,4-5H2. The Morgan fingerprint density at radius 1 is 1.54 bits per heavy atom.